The Morgan fingerprint density at radius 2 is 1.96 bits per heavy atom. The largest absolute Gasteiger partial charge is 0.497 e. The number of hydrogen-bond acceptors (Lipinski definition) is 7. The third kappa shape index (κ3) is 3.06. The Balaban J connectivity index is 1.79. The highest BCUT2D eigenvalue weighted by Gasteiger charge is 2.19. The van der Waals surface area contributed by atoms with E-state index < -0.39 is 6.23 Å². The Hall–Kier alpha value is -2.22. The molecule has 0 radical (unpaired) electrons. The highest BCUT2D eigenvalue weighted by atomic mass is 32.1. The van der Waals surface area contributed by atoms with Gasteiger partial charge in [-0.1, -0.05) is 12.1 Å². The number of aryl methyl sites for hydroxylation is 2. The smallest absolute Gasteiger partial charge is 0.148 e. The number of fused-ring (bicyclic) bond motifs is 1. The standard InChI is InChI=1S/C17H20N4O2S/c1-9-10(2)20-21-17-13(9)14(18)15(24-17)16(22)19-8-11-4-6-12(23-3)7-5-11/h4-7,16,19,22H,8,18H2,1-3H3. The number of aliphatic hydroxyl groups is 1. The van der Waals surface area contributed by atoms with Crippen LogP contribution in [0.3, 0.4) is 0 Å². The summed E-state index contributed by atoms with van der Waals surface area (Å²) < 4.78 is 5.14. The Morgan fingerprint density at radius 1 is 1.25 bits per heavy atom. The molecule has 1 aromatic carbocycles. The maximum atomic E-state index is 10.5. The van der Waals surface area contributed by atoms with Crippen molar-refractivity contribution in [1.82, 2.24) is 15.5 Å². The summed E-state index contributed by atoms with van der Waals surface area (Å²) >= 11 is 1.36. The first-order valence-corrected chi connectivity index (χ1v) is 8.39. The van der Waals surface area contributed by atoms with Crippen LogP contribution in [0.2, 0.25) is 0 Å². The van der Waals surface area contributed by atoms with Gasteiger partial charge in [-0.15, -0.1) is 16.4 Å². The molecule has 0 fully saturated rings. The molecular weight excluding hydrogens is 324 g/mol. The van der Waals surface area contributed by atoms with E-state index in [4.69, 9.17) is 10.5 Å². The van der Waals surface area contributed by atoms with E-state index in [-0.39, 0.29) is 0 Å². The van der Waals surface area contributed by atoms with Gasteiger partial charge in [0.2, 0.25) is 0 Å². The van der Waals surface area contributed by atoms with Gasteiger partial charge in [-0.05, 0) is 37.1 Å². The van der Waals surface area contributed by atoms with E-state index in [2.05, 4.69) is 15.5 Å². The zero-order valence-electron chi connectivity index (χ0n) is 13.8. The number of ether oxygens (including phenoxy) is 1. The van der Waals surface area contributed by atoms with Gasteiger partial charge in [0, 0.05) is 11.9 Å². The van der Waals surface area contributed by atoms with E-state index in [9.17, 15) is 5.11 Å². The van der Waals surface area contributed by atoms with Gasteiger partial charge in [-0.25, -0.2) is 0 Å². The Labute approximate surface area is 144 Å². The zero-order valence-corrected chi connectivity index (χ0v) is 14.6. The maximum absolute atomic E-state index is 10.5. The van der Waals surface area contributed by atoms with Crippen molar-refractivity contribution in [3.05, 3.63) is 46.0 Å². The molecule has 24 heavy (non-hydrogen) atoms. The van der Waals surface area contributed by atoms with Gasteiger partial charge in [0.05, 0.1) is 23.4 Å². The molecule has 4 N–H and O–H groups in total. The monoisotopic (exact) mass is 344 g/mol. The number of nitrogens with one attached hydrogen (secondary N) is 1. The molecule has 0 bridgehead atoms. The first-order valence-electron chi connectivity index (χ1n) is 7.57. The third-order valence-electron chi connectivity index (χ3n) is 4.07. The summed E-state index contributed by atoms with van der Waals surface area (Å²) in [5.74, 6) is 0.803. The van der Waals surface area contributed by atoms with Crippen LogP contribution < -0.4 is 15.8 Å². The molecule has 0 aliphatic rings. The molecule has 3 rings (SSSR count). The molecule has 6 nitrogen and oxygen atoms in total. The fraction of sp³-hybridized carbons (Fsp3) is 0.294. The van der Waals surface area contributed by atoms with E-state index in [0.29, 0.717) is 17.1 Å². The van der Waals surface area contributed by atoms with Crippen molar-refractivity contribution in [1.29, 1.82) is 0 Å². The van der Waals surface area contributed by atoms with Crippen molar-refractivity contribution in [3.8, 4) is 5.75 Å². The highest BCUT2D eigenvalue weighted by molar-refractivity contribution is 7.19. The Kier molecular flexibility index (Phi) is 4.66. The molecule has 2 heterocycles. The molecule has 0 saturated heterocycles. The van der Waals surface area contributed by atoms with Crippen molar-refractivity contribution < 1.29 is 9.84 Å². The normalized spacial score (nSPS) is 12.5. The van der Waals surface area contributed by atoms with Crippen molar-refractivity contribution >= 4 is 27.2 Å². The topological polar surface area (TPSA) is 93.3 Å². The SMILES string of the molecule is COc1ccc(CNC(O)c2sc3nnc(C)c(C)c3c2N)cc1. The minimum atomic E-state index is -0.856. The fourth-order valence-corrected chi connectivity index (χ4v) is 3.57. The molecule has 1 atom stereocenters. The molecule has 2 aromatic heterocycles. The lowest BCUT2D eigenvalue weighted by Gasteiger charge is -2.12. The molecule has 0 spiro atoms. The predicted octanol–water partition coefficient (Wildman–Crippen LogP) is 2.68. The molecule has 0 amide bonds. The van der Waals surface area contributed by atoms with Crippen LogP contribution in [0.1, 0.15) is 27.9 Å². The number of benzene rings is 1. The number of aromatic nitrogens is 2. The molecule has 1 unspecified atom stereocenters. The van der Waals surface area contributed by atoms with Crippen LogP contribution in [0.5, 0.6) is 5.75 Å². The predicted molar refractivity (Wildman–Crippen MR) is 96.1 cm³/mol. The van der Waals surface area contributed by atoms with Gasteiger partial charge in [0.15, 0.2) is 0 Å². The van der Waals surface area contributed by atoms with Gasteiger partial charge in [-0.2, -0.15) is 5.10 Å². The molecule has 126 valence electrons. The number of rotatable bonds is 5. The Morgan fingerprint density at radius 3 is 2.62 bits per heavy atom. The molecule has 0 saturated carbocycles. The second-order valence-electron chi connectivity index (χ2n) is 5.60. The Bertz CT molecular complexity index is 861. The van der Waals surface area contributed by atoms with Crippen LogP contribution in [-0.2, 0) is 6.54 Å². The van der Waals surface area contributed by atoms with Crippen LogP contribution in [0, 0.1) is 13.8 Å². The van der Waals surface area contributed by atoms with Gasteiger partial charge in [0.1, 0.15) is 16.8 Å². The van der Waals surface area contributed by atoms with Crippen LogP contribution in [0.4, 0.5) is 5.69 Å². The zero-order chi connectivity index (χ0) is 17.3. The summed E-state index contributed by atoms with van der Waals surface area (Å²) in [6, 6.07) is 7.68. The van der Waals surface area contributed by atoms with Gasteiger partial charge < -0.3 is 15.6 Å². The minimum absolute atomic E-state index is 0.516. The lowest BCUT2D eigenvalue weighted by atomic mass is 10.1. The van der Waals surface area contributed by atoms with Gasteiger partial charge in [-0.3, -0.25) is 5.32 Å². The lowest BCUT2D eigenvalue weighted by molar-refractivity contribution is 0.141. The summed E-state index contributed by atoms with van der Waals surface area (Å²) in [7, 11) is 1.63. The second kappa shape index (κ2) is 6.72. The molecular formula is C17H20N4O2S. The summed E-state index contributed by atoms with van der Waals surface area (Å²) in [4.78, 5) is 1.41. The summed E-state index contributed by atoms with van der Waals surface area (Å²) in [6.07, 6.45) is -0.856. The van der Waals surface area contributed by atoms with Gasteiger partial charge in [0.25, 0.3) is 0 Å². The summed E-state index contributed by atoms with van der Waals surface area (Å²) in [6.45, 7) is 4.38. The van der Waals surface area contributed by atoms with Crippen molar-refractivity contribution in [2.24, 2.45) is 0 Å². The number of anilines is 1. The molecule has 0 aliphatic carbocycles. The second-order valence-corrected chi connectivity index (χ2v) is 6.63. The molecule has 0 aliphatic heterocycles. The van der Waals surface area contributed by atoms with E-state index in [1.165, 1.54) is 11.3 Å². The number of nitrogens with zero attached hydrogens (tertiary/aromatic N) is 2. The van der Waals surface area contributed by atoms with E-state index >= 15 is 0 Å². The molecule has 3 aromatic rings. The third-order valence-corrected chi connectivity index (χ3v) is 5.21. The minimum Gasteiger partial charge on any atom is -0.497 e. The average Bonchev–Trinajstić information content (AvgIpc) is 2.94. The number of aliphatic hydroxyl groups excluding tert-OH is 1. The number of nitrogens with two attached hydrogens (primary N) is 1. The quantitative estimate of drug-likeness (QED) is 0.616. The number of hydrogen-bond donors (Lipinski definition) is 3. The first-order chi connectivity index (χ1) is 11.5. The van der Waals surface area contributed by atoms with Crippen LogP contribution >= 0.6 is 11.3 Å². The molecule has 7 heteroatoms. The van der Waals surface area contributed by atoms with E-state index in [1.807, 2.05) is 38.1 Å². The number of methoxy groups -OCH3 is 1. The first kappa shape index (κ1) is 16.6. The van der Waals surface area contributed by atoms with Crippen LogP contribution in [0.15, 0.2) is 24.3 Å². The summed E-state index contributed by atoms with van der Waals surface area (Å²) in [5.41, 5.74) is 9.70. The maximum Gasteiger partial charge on any atom is 0.148 e. The fourth-order valence-electron chi connectivity index (χ4n) is 2.51. The van der Waals surface area contributed by atoms with Crippen molar-refractivity contribution in [2.75, 3.05) is 12.8 Å². The highest BCUT2D eigenvalue weighted by Crippen LogP contribution is 2.37. The van der Waals surface area contributed by atoms with Crippen LogP contribution in [-0.4, -0.2) is 22.4 Å². The van der Waals surface area contributed by atoms with Gasteiger partial charge >= 0.3 is 0 Å². The number of thiophene rings is 1. The van der Waals surface area contributed by atoms with Crippen molar-refractivity contribution in [3.63, 3.8) is 0 Å². The summed E-state index contributed by atoms with van der Waals surface area (Å²) in [5, 5.41) is 22.7. The van der Waals surface area contributed by atoms with E-state index in [0.717, 1.165) is 32.8 Å². The van der Waals surface area contributed by atoms with Crippen molar-refractivity contribution in [2.45, 2.75) is 26.6 Å². The van der Waals surface area contributed by atoms with Crippen LogP contribution in [0.25, 0.3) is 10.2 Å². The van der Waals surface area contributed by atoms with E-state index in [1.54, 1.807) is 7.11 Å². The average molecular weight is 344 g/mol. The lowest BCUT2D eigenvalue weighted by Crippen LogP contribution is -2.20. The number of nitrogen functional groups attached to an aromatic ring is 1.